The maximum atomic E-state index is 12.7. The van der Waals surface area contributed by atoms with Gasteiger partial charge in [0, 0.05) is 11.9 Å². The third kappa shape index (κ3) is 3.90. The van der Waals surface area contributed by atoms with Crippen molar-refractivity contribution in [2.75, 3.05) is 14.2 Å². The largest absolute Gasteiger partial charge is 0.496 e. The standard InChI is InChI=1S/C15H18N2O4S2/c1-10-6-7-22-14(10)9-17(2)15(18)12-8-11(23(16,19)20)4-5-13(12)21-3/h4-8H,9H2,1-3H3,(H2,16,19,20). The Morgan fingerprint density at radius 3 is 2.57 bits per heavy atom. The zero-order chi connectivity index (χ0) is 17.2. The Balaban J connectivity index is 2.35. The molecule has 0 atom stereocenters. The molecular formula is C15H18N2O4S2. The topological polar surface area (TPSA) is 89.7 Å². The second-order valence-corrected chi connectivity index (χ2v) is 7.66. The smallest absolute Gasteiger partial charge is 0.257 e. The van der Waals surface area contributed by atoms with E-state index < -0.39 is 10.0 Å². The molecule has 0 spiro atoms. The van der Waals surface area contributed by atoms with E-state index in [9.17, 15) is 13.2 Å². The monoisotopic (exact) mass is 354 g/mol. The molecule has 2 N–H and O–H groups in total. The number of hydrogen-bond acceptors (Lipinski definition) is 5. The zero-order valence-electron chi connectivity index (χ0n) is 13.1. The number of methoxy groups -OCH3 is 1. The number of benzene rings is 1. The van der Waals surface area contributed by atoms with Crippen LogP contribution in [0.15, 0.2) is 34.5 Å². The zero-order valence-corrected chi connectivity index (χ0v) is 14.7. The molecule has 2 aromatic rings. The van der Waals surface area contributed by atoms with Crippen molar-refractivity contribution in [2.24, 2.45) is 5.14 Å². The average Bonchev–Trinajstić information content (AvgIpc) is 2.90. The Labute approximate surface area is 139 Å². The van der Waals surface area contributed by atoms with Crippen molar-refractivity contribution < 1.29 is 17.9 Å². The van der Waals surface area contributed by atoms with Gasteiger partial charge in [0.25, 0.3) is 5.91 Å². The fourth-order valence-electron chi connectivity index (χ4n) is 2.09. The maximum absolute atomic E-state index is 12.7. The third-order valence-electron chi connectivity index (χ3n) is 3.43. The first-order valence-corrected chi connectivity index (χ1v) is 9.16. The lowest BCUT2D eigenvalue weighted by molar-refractivity contribution is 0.0782. The highest BCUT2D eigenvalue weighted by Crippen LogP contribution is 2.25. The van der Waals surface area contributed by atoms with E-state index in [-0.39, 0.29) is 16.4 Å². The van der Waals surface area contributed by atoms with Crippen molar-refractivity contribution in [1.82, 2.24) is 4.90 Å². The molecule has 23 heavy (non-hydrogen) atoms. The van der Waals surface area contributed by atoms with E-state index in [0.717, 1.165) is 10.4 Å². The third-order valence-corrected chi connectivity index (χ3v) is 5.34. The summed E-state index contributed by atoms with van der Waals surface area (Å²) in [4.78, 5) is 15.1. The van der Waals surface area contributed by atoms with Crippen LogP contribution in [-0.2, 0) is 16.6 Å². The number of sulfonamides is 1. The van der Waals surface area contributed by atoms with Crippen molar-refractivity contribution in [3.05, 3.63) is 45.6 Å². The van der Waals surface area contributed by atoms with Gasteiger partial charge in [-0.05, 0) is 42.1 Å². The Kier molecular flexibility index (Phi) is 5.08. The molecule has 0 aliphatic rings. The summed E-state index contributed by atoms with van der Waals surface area (Å²) in [6.07, 6.45) is 0. The number of hydrogen-bond donors (Lipinski definition) is 1. The molecule has 124 valence electrons. The number of amides is 1. The van der Waals surface area contributed by atoms with Crippen LogP contribution >= 0.6 is 11.3 Å². The van der Waals surface area contributed by atoms with E-state index in [1.807, 2.05) is 18.4 Å². The first kappa shape index (κ1) is 17.5. The van der Waals surface area contributed by atoms with Crippen LogP contribution in [-0.4, -0.2) is 33.4 Å². The minimum atomic E-state index is -3.89. The van der Waals surface area contributed by atoms with Crippen molar-refractivity contribution in [3.8, 4) is 5.75 Å². The number of ether oxygens (including phenoxy) is 1. The molecule has 8 heteroatoms. The lowest BCUT2D eigenvalue weighted by Gasteiger charge is -2.19. The predicted molar refractivity (Wildman–Crippen MR) is 89.2 cm³/mol. The van der Waals surface area contributed by atoms with Crippen LogP contribution in [0.1, 0.15) is 20.8 Å². The number of thiophene rings is 1. The first-order valence-electron chi connectivity index (χ1n) is 6.73. The van der Waals surface area contributed by atoms with E-state index >= 15 is 0 Å². The fourth-order valence-corrected chi connectivity index (χ4v) is 3.59. The lowest BCUT2D eigenvalue weighted by Crippen LogP contribution is -2.27. The van der Waals surface area contributed by atoms with Crippen LogP contribution in [0.2, 0.25) is 0 Å². The van der Waals surface area contributed by atoms with Crippen molar-refractivity contribution in [3.63, 3.8) is 0 Å². The molecule has 6 nitrogen and oxygen atoms in total. The molecule has 2 rings (SSSR count). The van der Waals surface area contributed by atoms with Crippen LogP contribution in [0.5, 0.6) is 5.75 Å². The number of aryl methyl sites for hydroxylation is 1. The first-order chi connectivity index (χ1) is 10.7. The highest BCUT2D eigenvalue weighted by molar-refractivity contribution is 7.89. The van der Waals surface area contributed by atoms with Gasteiger partial charge in [0.05, 0.1) is 24.1 Å². The molecule has 0 radical (unpaired) electrons. The molecule has 0 aliphatic heterocycles. The van der Waals surface area contributed by atoms with Gasteiger partial charge in [-0.3, -0.25) is 4.79 Å². The number of nitrogens with two attached hydrogens (primary N) is 1. The summed E-state index contributed by atoms with van der Waals surface area (Å²) in [6, 6.07) is 5.97. The second kappa shape index (κ2) is 6.69. The summed E-state index contributed by atoms with van der Waals surface area (Å²) in [6.45, 7) is 2.41. The number of carbonyl (C=O) groups is 1. The molecular weight excluding hydrogens is 336 g/mol. The molecule has 1 heterocycles. The molecule has 1 aromatic heterocycles. The molecule has 0 saturated heterocycles. The van der Waals surface area contributed by atoms with Gasteiger partial charge in [0.2, 0.25) is 10.0 Å². The van der Waals surface area contributed by atoms with E-state index in [1.165, 1.54) is 30.2 Å². The van der Waals surface area contributed by atoms with Gasteiger partial charge in [-0.1, -0.05) is 0 Å². The normalized spacial score (nSPS) is 11.3. The van der Waals surface area contributed by atoms with Crippen molar-refractivity contribution in [1.29, 1.82) is 0 Å². The van der Waals surface area contributed by atoms with Gasteiger partial charge in [-0.15, -0.1) is 11.3 Å². The van der Waals surface area contributed by atoms with Gasteiger partial charge in [-0.2, -0.15) is 0 Å². The lowest BCUT2D eigenvalue weighted by atomic mass is 10.1. The molecule has 0 fully saturated rings. The highest BCUT2D eigenvalue weighted by atomic mass is 32.2. The predicted octanol–water partition coefficient (Wildman–Crippen LogP) is 1.98. The van der Waals surface area contributed by atoms with E-state index in [1.54, 1.807) is 18.4 Å². The number of primary sulfonamides is 1. The van der Waals surface area contributed by atoms with Crippen LogP contribution in [0.3, 0.4) is 0 Å². The van der Waals surface area contributed by atoms with Gasteiger partial charge in [-0.25, -0.2) is 13.6 Å². The van der Waals surface area contributed by atoms with Crippen molar-refractivity contribution >= 4 is 27.3 Å². The second-order valence-electron chi connectivity index (χ2n) is 5.10. The summed E-state index contributed by atoms with van der Waals surface area (Å²) >= 11 is 1.57. The van der Waals surface area contributed by atoms with Crippen molar-refractivity contribution in [2.45, 2.75) is 18.4 Å². The Hall–Kier alpha value is -1.90. The molecule has 0 unspecified atom stereocenters. The van der Waals surface area contributed by atoms with E-state index in [2.05, 4.69) is 0 Å². The molecule has 0 aliphatic carbocycles. The Morgan fingerprint density at radius 2 is 2.04 bits per heavy atom. The minimum absolute atomic E-state index is 0.123. The Bertz CT molecular complexity index is 828. The molecule has 0 bridgehead atoms. The molecule has 0 saturated carbocycles. The quantitative estimate of drug-likeness (QED) is 0.889. The van der Waals surface area contributed by atoms with E-state index in [0.29, 0.717) is 12.3 Å². The summed E-state index contributed by atoms with van der Waals surface area (Å²) in [5.74, 6) is -0.0303. The van der Waals surface area contributed by atoms with Crippen LogP contribution in [0.25, 0.3) is 0 Å². The number of nitrogens with zero attached hydrogens (tertiary/aromatic N) is 1. The summed E-state index contributed by atoms with van der Waals surface area (Å²) in [5.41, 5.74) is 1.27. The van der Waals surface area contributed by atoms with Gasteiger partial charge < -0.3 is 9.64 Å². The van der Waals surface area contributed by atoms with Gasteiger partial charge in [0.1, 0.15) is 5.75 Å². The Morgan fingerprint density at radius 1 is 1.35 bits per heavy atom. The van der Waals surface area contributed by atoms with Crippen LogP contribution in [0.4, 0.5) is 0 Å². The maximum Gasteiger partial charge on any atom is 0.257 e. The van der Waals surface area contributed by atoms with Crippen LogP contribution < -0.4 is 9.88 Å². The van der Waals surface area contributed by atoms with Crippen LogP contribution in [0, 0.1) is 6.92 Å². The number of carbonyl (C=O) groups excluding carboxylic acids is 1. The number of rotatable bonds is 5. The minimum Gasteiger partial charge on any atom is -0.496 e. The molecule has 1 amide bonds. The van der Waals surface area contributed by atoms with Gasteiger partial charge in [0.15, 0.2) is 0 Å². The SMILES string of the molecule is COc1ccc(S(N)(=O)=O)cc1C(=O)N(C)Cc1sccc1C. The van der Waals surface area contributed by atoms with Gasteiger partial charge >= 0.3 is 0 Å². The van der Waals surface area contributed by atoms with E-state index in [4.69, 9.17) is 9.88 Å². The fraction of sp³-hybridized carbons (Fsp3) is 0.267. The summed E-state index contributed by atoms with van der Waals surface area (Å²) in [5, 5.41) is 7.09. The summed E-state index contributed by atoms with van der Waals surface area (Å²) < 4.78 is 28.1. The average molecular weight is 354 g/mol. The summed E-state index contributed by atoms with van der Waals surface area (Å²) in [7, 11) is -0.810. The molecule has 1 aromatic carbocycles. The highest BCUT2D eigenvalue weighted by Gasteiger charge is 2.20.